The minimum Gasteiger partial charge on any atom is -0.504 e. The van der Waals surface area contributed by atoms with E-state index in [4.69, 9.17) is 28.4 Å². The number of aryl methyl sites for hydroxylation is 1. The van der Waals surface area contributed by atoms with Gasteiger partial charge < -0.3 is 38.6 Å². The Morgan fingerprint density at radius 1 is 1.05 bits per heavy atom. The fourth-order valence-corrected chi connectivity index (χ4v) is 11.9. The number of nitrogens with zero attached hydrogens (tertiary/aromatic N) is 3. The zero-order chi connectivity index (χ0) is 38.7. The van der Waals surface area contributed by atoms with Crippen LogP contribution in [0.25, 0.3) is 0 Å². The van der Waals surface area contributed by atoms with Gasteiger partial charge in [0.05, 0.1) is 37.6 Å². The number of nitrogens with one attached hydrogen (secondary N) is 1. The standard InChI is InChI=1S/C40H42N4O10S/c1-17-9-21-10-23-24(13-41)44-25-14-51-39(48)40(22-12-27(49-5)26(46)11-20(22)7-8-42-40)15-55-38(32(44)31(43(23)4)28(21)33(47)34(17)50-6)30-29(25)37-36(52-16-53-37)18(2)35(30)54-19(3)45/h9,11-12,23-25,31-32,38,42,46-47H,7-8,10,14-16H2,1-6H3/t23-,24+,25+,31?,32?,38-,40-/m1/s1. The first-order valence-electron chi connectivity index (χ1n) is 18.3. The van der Waals surface area contributed by atoms with E-state index >= 15 is 0 Å². The Bertz CT molecular complexity index is 2220. The third-order valence-electron chi connectivity index (χ3n) is 12.4. The van der Waals surface area contributed by atoms with E-state index in [9.17, 15) is 25.1 Å². The topological polar surface area (TPSA) is 172 Å². The fraction of sp³-hybridized carbons (Fsp3) is 0.475. The summed E-state index contributed by atoms with van der Waals surface area (Å²) in [6.45, 7) is 5.28. The van der Waals surface area contributed by atoms with Crippen molar-refractivity contribution in [3.8, 4) is 46.3 Å². The van der Waals surface area contributed by atoms with Crippen LogP contribution >= 0.6 is 11.8 Å². The zero-order valence-electron chi connectivity index (χ0n) is 31.3. The number of methoxy groups -OCH3 is 2. The second kappa shape index (κ2) is 12.8. The Labute approximate surface area is 322 Å². The summed E-state index contributed by atoms with van der Waals surface area (Å²) >= 11 is 1.48. The summed E-state index contributed by atoms with van der Waals surface area (Å²) in [4.78, 5) is 32.0. The van der Waals surface area contributed by atoms with Gasteiger partial charge in [-0.05, 0) is 68.1 Å². The predicted molar refractivity (Wildman–Crippen MR) is 198 cm³/mol. The number of nitriles is 1. The predicted octanol–water partition coefficient (Wildman–Crippen LogP) is 3.99. The molecule has 4 bridgehead atoms. The van der Waals surface area contributed by atoms with E-state index in [2.05, 4.69) is 21.2 Å². The Morgan fingerprint density at radius 2 is 1.84 bits per heavy atom. The van der Waals surface area contributed by atoms with Crippen LogP contribution in [0.15, 0.2) is 18.2 Å². The molecule has 0 radical (unpaired) electrons. The zero-order valence-corrected chi connectivity index (χ0v) is 32.2. The molecule has 14 nitrogen and oxygen atoms in total. The number of carbonyl (C=O) groups is 2. The van der Waals surface area contributed by atoms with Crippen LogP contribution in [0, 0.1) is 25.2 Å². The summed E-state index contributed by atoms with van der Waals surface area (Å²) in [5.41, 5.74) is 4.41. The molecular formula is C40H42N4O10S. The molecule has 55 heavy (non-hydrogen) atoms. The molecule has 0 amide bonds. The number of rotatable bonds is 3. The SMILES string of the molecule is COc1cc2c(cc1O)CCN[C@]21CS[C@@H]2c3c(OC(C)=O)c(C)c4c(c3[C@H](COC1=O)N1C2C2c3c(cc(C)c(OC)c3O)C[C@H]([C@@H]1C#N)N2C)OCO4. The first-order valence-corrected chi connectivity index (χ1v) is 19.4. The second-order valence-corrected chi connectivity index (χ2v) is 16.2. The summed E-state index contributed by atoms with van der Waals surface area (Å²) in [5.74, 6) is 0.973. The van der Waals surface area contributed by atoms with E-state index in [1.165, 1.54) is 32.9 Å². The van der Waals surface area contributed by atoms with Gasteiger partial charge in [-0.3, -0.25) is 19.9 Å². The molecule has 7 aliphatic rings. The molecule has 15 heteroatoms. The van der Waals surface area contributed by atoms with Gasteiger partial charge in [-0.1, -0.05) is 6.07 Å². The summed E-state index contributed by atoms with van der Waals surface area (Å²) in [6, 6.07) is 5.28. The highest BCUT2D eigenvalue weighted by molar-refractivity contribution is 7.99. The Morgan fingerprint density at radius 3 is 2.56 bits per heavy atom. The number of esters is 2. The number of hydrogen-bond acceptors (Lipinski definition) is 15. The van der Waals surface area contributed by atoms with E-state index in [1.54, 1.807) is 12.1 Å². The van der Waals surface area contributed by atoms with Gasteiger partial charge in [0.15, 0.2) is 40.0 Å². The van der Waals surface area contributed by atoms with Crippen molar-refractivity contribution in [1.82, 2.24) is 15.1 Å². The van der Waals surface area contributed by atoms with Gasteiger partial charge in [0.25, 0.3) is 0 Å². The van der Waals surface area contributed by atoms with Crippen molar-refractivity contribution in [3.63, 3.8) is 0 Å². The van der Waals surface area contributed by atoms with Crippen LogP contribution in [0.1, 0.15) is 68.8 Å². The van der Waals surface area contributed by atoms with Crippen molar-refractivity contribution < 1.29 is 48.2 Å². The van der Waals surface area contributed by atoms with Crippen LogP contribution in [0.4, 0.5) is 0 Å². The van der Waals surface area contributed by atoms with Crippen molar-refractivity contribution in [2.45, 2.75) is 74.6 Å². The highest BCUT2D eigenvalue weighted by Crippen LogP contribution is 2.64. The Hall–Kier alpha value is -4.88. The molecule has 7 atom stereocenters. The third kappa shape index (κ3) is 4.90. The van der Waals surface area contributed by atoms with Crippen LogP contribution in [-0.4, -0.2) is 97.0 Å². The maximum atomic E-state index is 14.7. The van der Waals surface area contributed by atoms with Crippen molar-refractivity contribution in [3.05, 3.63) is 62.7 Å². The molecule has 2 saturated heterocycles. The molecule has 3 aromatic rings. The number of thioether (sulfide) groups is 1. The average molecular weight is 771 g/mol. The number of hydrogen-bond donors (Lipinski definition) is 3. The van der Waals surface area contributed by atoms with Crippen LogP contribution in [0.3, 0.4) is 0 Å². The van der Waals surface area contributed by atoms with Gasteiger partial charge in [0, 0.05) is 53.6 Å². The molecule has 7 heterocycles. The van der Waals surface area contributed by atoms with Crippen LogP contribution in [-0.2, 0) is 32.7 Å². The molecule has 2 unspecified atom stereocenters. The highest BCUT2D eigenvalue weighted by Gasteiger charge is 2.62. The fourth-order valence-electron chi connectivity index (χ4n) is 10.2. The first kappa shape index (κ1) is 35.8. The maximum Gasteiger partial charge on any atom is 0.331 e. The van der Waals surface area contributed by atoms with Crippen molar-refractivity contribution >= 4 is 23.7 Å². The van der Waals surface area contributed by atoms with E-state index in [1.807, 2.05) is 27.0 Å². The molecular weight excluding hydrogens is 729 g/mol. The molecule has 3 N–H and O–H groups in total. The van der Waals surface area contributed by atoms with Crippen molar-refractivity contribution in [2.24, 2.45) is 0 Å². The number of carbonyl (C=O) groups excluding carboxylic acids is 2. The van der Waals surface area contributed by atoms with E-state index < -0.39 is 46.9 Å². The quantitative estimate of drug-likeness (QED) is 0.258. The number of phenols is 2. The van der Waals surface area contributed by atoms with Crippen LogP contribution in [0.5, 0.6) is 40.2 Å². The van der Waals surface area contributed by atoms with Crippen LogP contribution in [0.2, 0.25) is 0 Å². The lowest BCUT2D eigenvalue weighted by molar-refractivity contribution is -0.157. The lowest BCUT2D eigenvalue weighted by atomic mass is 9.71. The smallest absolute Gasteiger partial charge is 0.331 e. The van der Waals surface area contributed by atoms with Crippen molar-refractivity contribution in [1.29, 1.82) is 5.26 Å². The number of benzene rings is 3. The van der Waals surface area contributed by atoms with Gasteiger partial charge in [0.1, 0.15) is 18.4 Å². The molecule has 3 aromatic carbocycles. The minimum atomic E-state index is -1.36. The van der Waals surface area contributed by atoms with E-state index in [0.29, 0.717) is 70.2 Å². The Kier molecular flexibility index (Phi) is 8.36. The summed E-state index contributed by atoms with van der Waals surface area (Å²) in [6.07, 6.45) is 1.05. The number of ether oxygens (including phenoxy) is 6. The third-order valence-corrected chi connectivity index (χ3v) is 13.9. The summed E-state index contributed by atoms with van der Waals surface area (Å²) in [7, 11) is 4.99. The van der Waals surface area contributed by atoms with Crippen LogP contribution < -0.4 is 29.0 Å². The number of aromatic hydroxyl groups is 2. The number of phenolic OH excluding ortho intramolecular Hbond substituents is 2. The molecule has 1 spiro atoms. The summed E-state index contributed by atoms with van der Waals surface area (Å²) < 4.78 is 36.1. The lowest BCUT2D eigenvalue weighted by Crippen LogP contribution is -2.69. The number of likely N-dealkylation sites (N-methyl/N-ethyl adjacent to an activating group) is 1. The maximum absolute atomic E-state index is 14.7. The number of fused-ring (bicyclic) bond motifs is 9. The van der Waals surface area contributed by atoms with E-state index in [-0.39, 0.29) is 42.4 Å². The van der Waals surface area contributed by atoms with E-state index in [0.717, 1.165) is 16.7 Å². The minimum absolute atomic E-state index is 0.0239. The van der Waals surface area contributed by atoms with Gasteiger partial charge in [-0.15, -0.1) is 11.8 Å². The van der Waals surface area contributed by atoms with Crippen molar-refractivity contribution in [2.75, 3.05) is 47.0 Å². The lowest BCUT2D eigenvalue weighted by Gasteiger charge is -2.62. The van der Waals surface area contributed by atoms with Gasteiger partial charge >= 0.3 is 11.9 Å². The molecule has 288 valence electrons. The molecule has 0 aromatic heterocycles. The molecule has 7 aliphatic heterocycles. The second-order valence-electron chi connectivity index (χ2n) is 15.1. The molecule has 0 saturated carbocycles. The highest BCUT2D eigenvalue weighted by atomic mass is 32.2. The molecule has 10 rings (SSSR count). The molecule has 0 aliphatic carbocycles. The summed E-state index contributed by atoms with van der Waals surface area (Å²) in [5, 5.41) is 36.9. The first-order chi connectivity index (χ1) is 26.4. The molecule has 2 fully saturated rings. The largest absolute Gasteiger partial charge is 0.504 e. The van der Waals surface area contributed by atoms with Gasteiger partial charge in [-0.25, -0.2) is 4.79 Å². The Balaban J connectivity index is 1.33. The monoisotopic (exact) mass is 770 g/mol. The van der Waals surface area contributed by atoms with Gasteiger partial charge in [-0.2, -0.15) is 5.26 Å². The normalized spacial score (nSPS) is 28.9. The van der Waals surface area contributed by atoms with Gasteiger partial charge in [0.2, 0.25) is 6.79 Å². The average Bonchev–Trinajstić information content (AvgIpc) is 3.65. The number of piperazine rings is 1.